The molecule has 13 heteroatoms. The van der Waals surface area contributed by atoms with Gasteiger partial charge in [-0.3, -0.25) is 18.8 Å². The smallest absolute Gasteiger partial charge is 0.345 e. The molecule has 2 aromatic rings. The Balaban J connectivity index is 1.65. The van der Waals surface area contributed by atoms with E-state index in [0.717, 1.165) is 0 Å². The van der Waals surface area contributed by atoms with Crippen LogP contribution in [0.1, 0.15) is 78.9 Å². The Kier molecular flexibility index (Phi) is 8.69. The van der Waals surface area contributed by atoms with Gasteiger partial charge in [0.1, 0.15) is 34.9 Å². The van der Waals surface area contributed by atoms with E-state index in [1.54, 1.807) is 39.1 Å². The summed E-state index contributed by atoms with van der Waals surface area (Å²) in [5, 5.41) is 12.1. The zero-order valence-corrected chi connectivity index (χ0v) is 27.2. The monoisotopic (exact) mass is 647 g/mol. The van der Waals surface area contributed by atoms with Gasteiger partial charge in [-0.2, -0.15) is 8.42 Å². The molecule has 0 aromatic carbocycles. The maximum atomic E-state index is 13.5. The molecule has 3 heterocycles. The van der Waals surface area contributed by atoms with Crippen molar-refractivity contribution in [2.24, 2.45) is 22.7 Å². The second-order valence-corrected chi connectivity index (χ2v) is 14.9. The number of pyridine rings is 1. The number of rotatable bonds is 8. The number of hydrogen-bond donors (Lipinski definition) is 1. The molecule has 0 amide bonds. The van der Waals surface area contributed by atoms with Crippen molar-refractivity contribution in [2.75, 3.05) is 12.4 Å². The van der Waals surface area contributed by atoms with Gasteiger partial charge in [-0.05, 0) is 56.1 Å². The van der Waals surface area contributed by atoms with E-state index in [2.05, 4.69) is 4.98 Å². The summed E-state index contributed by atoms with van der Waals surface area (Å²) in [5.74, 6) is -2.31. The van der Waals surface area contributed by atoms with Gasteiger partial charge >= 0.3 is 17.6 Å². The number of fused-ring (bicyclic) bond motifs is 4. The molecule has 5 rings (SSSR count). The molecule has 0 saturated heterocycles. The van der Waals surface area contributed by atoms with Gasteiger partial charge in [0.25, 0.3) is 10.1 Å². The van der Waals surface area contributed by atoms with Crippen LogP contribution in [-0.4, -0.2) is 60.6 Å². The lowest BCUT2D eigenvalue weighted by atomic mass is 9.42. The van der Waals surface area contributed by atoms with Crippen LogP contribution in [0, 0.1) is 22.7 Å². The standard InChI is InChI=1S/C32H41NO11S/c1-7-13-45(38,39)40-17-31(5)23-15-25(42-19(3)35)32(6)28(30(23,4)11-10-24(31)41-18(2)34)27(36)26-22(44-32)14-21(43-29(26)37)20-9-8-12-33-16-20/h8-9,12,14,16,23-25,27-28,36H,7,10-11,13,15,17H2,1-6H3/t23-,24+,25+,27+,28-,30+,31+,32-/m1/s1. The van der Waals surface area contributed by atoms with Crippen LogP contribution in [0.3, 0.4) is 0 Å². The summed E-state index contributed by atoms with van der Waals surface area (Å²) in [6.45, 7) is 9.51. The normalized spacial score (nSPS) is 34.0. The molecule has 45 heavy (non-hydrogen) atoms. The lowest BCUT2D eigenvalue weighted by molar-refractivity contribution is -0.269. The minimum atomic E-state index is -3.89. The van der Waals surface area contributed by atoms with E-state index in [1.807, 2.05) is 6.92 Å². The van der Waals surface area contributed by atoms with Crippen LogP contribution >= 0.6 is 0 Å². The first-order chi connectivity index (χ1) is 21.1. The van der Waals surface area contributed by atoms with Gasteiger partial charge < -0.3 is 23.7 Å². The number of ether oxygens (including phenoxy) is 3. The summed E-state index contributed by atoms with van der Waals surface area (Å²) in [6.07, 6.45) is 1.36. The predicted octanol–water partition coefficient (Wildman–Crippen LogP) is 3.95. The first kappa shape index (κ1) is 33.1. The molecule has 1 aliphatic heterocycles. The molecule has 2 aliphatic carbocycles. The van der Waals surface area contributed by atoms with Crippen molar-refractivity contribution in [3.05, 3.63) is 46.6 Å². The van der Waals surface area contributed by atoms with Crippen LogP contribution in [0.25, 0.3) is 11.3 Å². The summed E-state index contributed by atoms with van der Waals surface area (Å²) >= 11 is 0. The van der Waals surface area contributed by atoms with Crippen LogP contribution in [0.2, 0.25) is 0 Å². The van der Waals surface area contributed by atoms with Gasteiger partial charge in [0, 0.05) is 49.2 Å². The number of carbonyl (C=O) groups is 2. The molecule has 0 unspecified atom stereocenters. The minimum Gasteiger partial charge on any atom is -0.482 e. The molecule has 0 spiro atoms. The SMILES string of the molecule is CCCS(=O)(=O)OC[C@@]1(C)[C@@H]2C[C@H](OC(C)=O)[C@@]3(C)Oc4cc(-c5cccnc5)oc(=O)c4[C@H](O)[C@@H]3[C@@]2(C)CC[C@@H]1OC(C)=O. The van der Waals surface area contributed by atoms with Crippen molar-refractivity contribution < 1.29 is 45.9 Å². The van der Waals surface area contributed by atoms with Crippen LogP contribution in [0.5, 0.6) is 5.75 Å². The van der Waals surface area contributed by atoms with Gasteiger partial charge in [-0.15, -0.1) is 0 Å². The van der Waals surface area contributed by atoms with Crippen LogP contribution < -0.4 is 10.4 Å². The maximum Gasteiger partial charge on any atom is 0.345 e. The zero-order valence-electron chi connectivity index (χ0n) is 26.4. The Morgan fingerprint density at radius 3 is 2.44 bits per heavy atom. The topological polar surface area (TPSA) is 169 Å². The van der Waals surface area contributed by atoms with E-state index in [4.69, 9.17) is 22.8 Å². The summed E-state index contributed by atoms with van der Waals surface area (Å²) in [5.41, 5.74) is -3.53. The summed E-state index contributed by atoms with van der Waals surface area (Å²) < 4.78 is 55.0. The predicted molar refractivity (Wildman–Crippen MR) is 160 cm³/mol. The number of hydrogen-bond acceptors (Lipinski definition) is 12. The van der Waals surface area contributed by atoms with Gasteiger partial charge in [0.05, 0.1) is 18.5 Å². The molecule has 2 aromatic heterocycles. The van der Waals surface area contributed by atoms with E-state index >= 15 is 0 Å². The Labute approximate surface area is 262 Å². The Bertz CT molecular complexity index is 1630. The summed E-state index contributed by atoms with van der Waals surface area (Å²) in [7, 11) is -3.89. The summed E-state index contributed by atoms with van der Waals surface area (Å²) in [6, 6.07) is 4.95. The van der Waals surface area contributed by atoms with Gasteiger partial charge in [-0.25, -0.2) is 4.79 Å². The van der Waals surface area contributed by atoms with Crippen LogP contribution in [0.4, 0.5) is 0 Å². The first-order valence-electron chi connectivity index (χ1n) is 15.2. The number of carbonyl (C=O) groups excluding carboxylic acids is 2. The van der Waals surface area contributed by atoms with E-state index in [0.29, 0.717) is 24.8 Å². The third-order valence-electron chi connectivity index (χ3n) is 10.1. The molecule has 0 bridgehead atoms. The number of esters is 2. The highest BCUT2D eigenvalue weighted by molar-refractivity contribution is 7.86. The van der Waals surface area contributed by atoms with Crippen molar-refractivity contribution in [1.29, 1.82) is 0 Å². The molecular formula is C32H41NO11S. The molecule has 12 nitrogen and oxygen atoms in total. The highest BCUT2D eigenvalue weighted by atomic mass is 32.2. The van der Waals surface area contributed by atoms with E-state index in [9.17, 15) is 27.9 Å². The molecule has 3 aliphatic rings. The average Bonchev–Trinajstić information content (AvgIpc) is 2.94. The maximum absolute atomic E-state index is 13.5. The molecule has 2 saturated carbocycles. The zero-order chi connectivity index (χ0) is 32.9. The molecular weight excluding hydrogens is 606 g/mol. The Hall–Kier alpha value is -3.29. The second kappa shape index (κ2) is 11.8. The van der Waals surface area contributed by atoms with Crippen molar-refractivity contribution in [3.8, 4) is 17.1 Å². The highest BCUT2D eigenvalue weighted by Gasteiger charge is 2.70. The number of aliphatic hydroxyl groups is 1. The van der Waals surface area contributed by atoms with Crippen molar-refractivity contribution in [3.63, 3.8) is 0 Å². The molecule has 0 radical (unpaired) electrons. The van der Waals surface area contributed by atoms with E-state index < -0.39 is 74.3 Å². The fraction of sp³-hybridized carbons (Fsp3) is 0.625. The van der Waals surface area contributed by atoms with E-state index in [-0.39, 0.29) is 35.9 Å². The van der Waals surface area contributed by atoms with Crippen molar-refractivity contribution >= 4 is 22.1 Å². The van der Waals surface area contributed by atoms with Gasteiger partial charge in [0.2, 0.25) is 0 Å². The van der Waals surface area contributed by atoms with E-state index in [1.165, 1.54) is 26.1 Å². The molecule has 2 fully saturated rings. The fourth-order valence-corrected chi connectivity index (χ4v) is 9.36. The number of aliphatic hydroxyl groups excluding tert-OH is 1. The van der Waals surface area contributed by atoms with Gasteiger partial charge in [-0.1, -0.05) is 20.8 Å². The quantitative estimate of drug-likeness (QED) is 0.324. The third kappa shape index (κ3) is 5.78. The van der Waals surface area contributed by atoms with Crippen LogP contribution in [0.15, 0.2) is 39.8 Å². The average molecular weight is 648 g/mol. The van der Waals surface area contributed by atoms with Gasteiger partial charge in [0.15, 0.2) is 0 Å². The number of nitrogens with zero attached hydrogens (tertiary/aromatic N) is 1. The largest absolute Gasteiger partial charge is 0.482 e. The summed E-state index contributed by atoms with van der Waals surface area (Å²) in [4.78, 5) is 42.3. The molecule has 8 atom stereocenters. The van der Waals surface area contributed by atoms with Crippen molar-refractivity contribution in [1.82, 2.24) is 4.98 Å². The fourth-order valence-electron chi connectivity index (χ4n) is 8.31. The van der Waals surface area contributed by atoms with Crippen LogP contribution in [-0.2, 0) is 33.4 Å². The molecule has 1 N–H and O–H groups in total. The third-order valence-corrected chi connectivity index (χ3v) is 11.5. The lowest BCUT2D eigenvalue weighted by Gasteiger charge is -2.66. The number of aromatic nitrogens is 1. The van der Waals surface area contributed by atoms with Crippen molar-refractivity contribution in [2.45, 2.75) is 91.1 Å². The Morgan fingerprint density at radius 2 is 1.82 bits per heavy atom. The highest BCUT2D eigenvalue weighted by Crippen LogP contribution is 2.67. The lowest BCUT2D eigenvalue weighted by Crippen LogP contribution is -2.71. The molecule has 246 valence electrons. The second-order valence-electron chi connectivity index (χ2n) is 13.2. The Morgan fingerprint density at radius 1 is 1.13 bits per heavy atom. The first-order valence-corrected chi connectivity index (χ1v) is 16.8. The minimum absolute atomic E-state index is 0.0563.